The topological polar surface area (TPSA) is 90.7 Å². The van der Waals surface area contributed by atoms with Crippen LogP contribution in [0, 0.1) is 0 Å². The molecule has 0 bridgehead atoms. The van der Waals surface area contributed by atoms with Crippen LogP contribution in [-0.4, -0.2) is 45.5 Å². The molecular weight excluding hydrogens is 276 g/mol. The van der Waals surface area contributed by atoms with Gasteiger partial charge in [0.2, 0.25) is 0 Å². The lowest BCUT2D eigenvalue weighted by atomic mass is 9.95. The summed E-state index contributed by atoms with van der Waals surface area (Å²) in [5, 5.41) is 9.23. The Morgan fingerprint density at radius 3 is 2.48 bits per heavy atom. The molecule has 116 valence electrons. The first-order valence-corrected chi connectivity index (χ1v) is 6.73. The maximum atomic E-state index is 11.9. The van der Waals surface area contributed by atoms with Crippen molar-refractivity contribution >= 4 is 12.1 Å². The minimum Gasteiger partial charge on any atom is -0.479 e. The molecule has 0 spiro atoms. The molecule has 1 aromatic rings. The van der Waals surface area contributed by atoms with E-state index in [4.69, 9.17) is 9.47 Å². The van der Waals surface area contributed by atoms with E-state index in [2.05, 4.69) is 4.98 Å². The van der Waals surface area contributed by atoms with E-state index in [1.54, 1.807) is 20.8 Å². The van der Waals surface area contributed by atoms with Crippen molar-refractivity contribution in [2.75, 3.05) is 7.11 Å². The lowest BCUT2D eigenvalue weighted by Crippen LogP contribution is -2.36. The number of carbonyl (C=O) groups excluding carboxylic acids is 1. The molecule has 7 nitrogen and oxygen atoms in total. The van der Waals surface area contributed by atoms with E-state index >= 15 is 0 Å². The van der Waals surface area contributed by atoms with Gasteiger partial charge in [0.25, 0.3) is 0 Å². The van der Waals surface area contributed by atoms with Gasteiger partial charge in [-0.15, -0.1) is 0 Å². The summed E-state index contributed by atoms with van der Waals surface area (Å²) < 4.78 is 11.6. The van der Waals surface area contributed by atoms with E-state index in [1.807, 2.05) is 0 Å². The minimum absolute atomic E-state index is 0.540. The molecule has 1 aliphatic carbocycles. The molecule has 1 atom stereocenters. The third kappa shape index (κ3) is 3.07. The van der Waals surface area contributed by atoms with Crippen molar-refractivity contribution in [3.05, 3.63) is 18.2 Å². The number of carboxylic acids is 1. The second-order valence-electron chi connectivity index (χ2n) is 6.26. The highest BCUT2D eigenvalue weighted by molar-refractivity contribution is 5.76. The van der Waals surface area contributed by atoms with Crippen LogP contribution in [-0.2, 0) is 19.7 Å². The Labute approximate surface area is 122 Å². The maximum Gasteiger partial charge on any atom is 0.419 e. The second kappa shape index (κ2) is 5.14. The number of hydrogen-bond donors (Lipinski definition) is 1. The molecular formula is C14H20N2O5. The largest absolute Gasteiger partial charge is 0.479 e. The summed E-state index contributed by atoms with van der Waals surface area (Å²) in [6.45, 7) is 5.32. The molecule has 0 radical (unpaired) electrons. The van der Waals surface area contributed by atoms with E-state index in [-0.39, 0.29) is 0 Å². The zero-order chi connectivity index (χ0) is 15.8. The molecule has 0 aliphatic heterocycles. The highest BCUT2D eigenvalue weighted by Crippen LogP contribution is 2.51. The SMILES string of the molecule is COC(C(=O)O)C1(c2cn(C(=O)OC(C)(C)C)cn2)CC1. The Balaban J connectivity index is 2.20. The van der Waals surface area contributed by atoms with Crippen LogP contribution in [0.3, 0.4) is 0 Å². The van der Waals surface area contributed by atoms with Crippen LogP contribution in [0.5, 0.6) is 0 Å². The molecule has 1 aliphatic rings. The van der Waals surface area contributed by atoms with Gasteiger partial charge in [-0.2, -0.15) is 0 Å². The van der Waals surface area contributed by atoms with Crippen LogP contribution in [0.1, 0.15) is 39.3 Å². The van der Waals surface area contributed by atoms with E-state index < -0.39 is 29.2 Å². The molecule has 1 N–H and O–H groups in total. The highest BCUT2D eigenvalue weighted by atomic mass is 16.6. The number of methoxy groups -OCH3 is 1. The third-order valence-electron chi connectivity index (χ3n) is 3.45. The molecule has 2 rings (SSSR count). The average molecular weight is 296 g/mol. The first-order chi connectivity index (χ1) is 9.69. The second-order valence-corrected chi connectivity index (χ2v) is 6.26. The van der Waals surface area contributed by atoms with Crippen molar-refractivity contribution < 1.29 is 24.2 Å². The number of rotatable bonds is 4. The molecule has 7 heteroatoms. The minimum atomic E-state index is -1.03. The lowest BCUT2D eigenvalue weighted by Gasteiger charge is -2.20. The van der Waals surface area contributed by atoms with Gasteiger partial charge >= 0.3 is 12.1 Å². The third-order valence-corrected chi connectivity index (χ3v) is 3.45. The number of aromatic nitrogens is 2. The number of carbonyl (C=O) groups is 2. The molecule has 1 fully saturated rings. The van der Waals surface area contributed by atoms with Crippen molar-refractivity contribution in [3.63, 3.8) is 0 Å². The summed E-state index contributed by atoms with van der Waals surface area (Å²) in [6, 6.07) is 0. The van der Waals surface area contributed by atoms with E-state index in [0.717, 1.165) is 0 Å². The zero-order valence-electron chi connectivity index (χ0n) is 12.6. The van der Waals surface area contributed by atoms with Gasteiger partial charge in [-0.3, -0.25) is 0 Å². The zero-order valence-corrected chi connectivity index (χ0v) is 12.6. The van der Waals surface area contributed by atoms with Gasteiger partial charge in [0.15, 0.2) is 6.10 Å². The van der Waals surface area contributed by atoms with Crippen molar-refractivity contribution in [1.29, 1.82) is 0 Å². The van der Waals surface area contributed by atoms with E-state index in [0.29, 0.717) is 18.5 Å². The fourth-order valence-electron chi connectivity index (χ4n) is 2.34. The van der Waals surface area contributed by atoms with Gasteiger partial charge in [-0.1, -0.05) is 0 Å². The van der Waals surface area contributed by atoms with Crippen LogP contribution in [0.4, 0.5) is 4.79 Å². The Kier molecular flexibility index (Phi) is 3.79. The van der Waals surface area contributed by atoms with Crippen LogP contribution in [0.15, 0.2) is 12.5 Å². The van der Waals surface area contributed by atoms with Gasteiger partial charge in [-0.25, -0.2) is 19.1 Å². The first kappa shape index (κ1) is 15.5. The standard InChI is InChI=1S/C14H20N2O5/c1-13(2,3)21-12(19)16-7-9(15-8-16)14(5-6-14)10(20-4)11(17)18/h7-8,10H,5-6H2,1-4H3,(H,17,18). The summed E-state index contributed by atoms with van der Waals surface area (Å²) >= 11 is 0. The Morgan fingerprint density at radius 1 is 1.43 bits per heavy atom. The van der Waals surface area contributed by atoms with Gasteiger partial charge < -0.3 is 14.6 Å². The summed E-state index contributed by atoms with van der Waals surface area (Å²) in [5.41, 5.74) is -0.703. The number of aliphatic carboxylic acids is 1. The highest BCUT2D eigenvalue weighted by Gasteiger charge is 2.56. The van der Waals surface area contributed by atoms with Crippen molar-refractivity contribution in [2.24, 2.45) is 0 Å². The van der Waals surface area contributed by atoms with Crippen LogP contribution < -0.4 is 0 Å². The molecule has 1 aromatic heterocycles. The smallest absolute Gasteiger partial charge is 0.419 e. The number of hydrogen-bond acceptors (Lipinski definition) is 5. The maximum absolute atomic E-state index is 11.9. The Bertz CT molecular complexity index is 554. The van der Waals surface area contributed by atoms with E-state index in [9.17, 15) is 14.7 Å². The molecule has 0 amide bonds. The van der Waals surface area contributed by atoms with Crippen LogP contribution >= 0.6 is 0 Å². The molecule has 21 heavy (non-hydrogen) atoms. The van der Waals surface area contributed by atoms with Crippen molar-refractivity contribution in [3.8, 4) is 0 Å². The fraction of sp³-hybridized carbons (Fsp3) is 0.643. The number of nitrogens with zero attached hydrogens (tertiary/aromatic N) is 2. The monoisotopic (exact) mass is 296 g/mol. The van der Waals surface area contributed by atoms with Crippen molar-refractivity contribution in [1.82, 2.24) is 9.55 Å². The van der Waals surface area contributed by atoms with Gasteiger partial charge in [0.05, 0.1) is 11.1 Å². The Hall–Kier alpha value is -1.89. The van der Waals surface area contributed by atoms with Gasteiger partial charge in [0, 0.05) is 13.3 Å². The first-order valence-electron chi connectivity index (χ1n) is 6.73. The Morgan fingerprint density at radius 2 is 2.05 bits per heavy atom. The number of carboxylic acid groups (broad SMARTS) is 1. The van der Waals surface area contributed by atoms with E-state index in [1.165, 1.54) is 24.2 Å². The summed E-state index contributed by atoms with van der Waals surface area (Å²) in [6.07, 6.45) is 2.71. The summed E-state index contributed by atoms with van der Waals surface area (Å²) in [7, 11) is 1.36. The molecule has 1 unspecified atom stereocenters. The van der Waals surface area contributed by atoms with Crippen LogP contribution in [0.2, 0.25) is 0 Å². The summed E-state index contributed by atoms with van der Waals surface area (Å²) in [5.74, 6) is -1.03. The molecule has 1 saturated carbocycles. The predicted molar refractivity (Wildman–Crippen MR) is 73.2 cm³/mol. The predicted octanol–water partition coefficient (Wildman–Crippen LogP) is 1.80. The summed E-state index contributed by atoms with van der Waals surface area (Å²) in [4.78, 5) is 27.4. The van der Waals surface area contributed by atoms with Gasteiger partial charge in [-0.05, 0) is 33.6 Å². The molecule has 0 aromatic carbocycles. The molecule has 0 saturated heterocycles. The fourth-order valence-corrected chi connectivity index (χ4v) is 2.34. The lowest BCUT2D eigenvalue weighted by molar-refractivity contribution is -0.150. The number of ether oxygens (including phenoxy) is 2. The average Bonchev–Trinajstić information content (AvgIpc) is 2.97. The molecule has 1 heterocycles. The van der Waals surface area contributed by atoms with Gasteiger partial charge in [0.1, 0.15) is 11.9 Å². The quantitative estimate of drug-likeness (QED) is 0.911. The van der Waals surface area contributed by atoms with Crippen LogP contribution in [0.25, 0.3) is 0 Å². The number of imidazole rings is 1. The normalized spacial score (nSPS) is 18.1. The van der Waals surface area contributed by atoms with Crippen molar-refractivity contribution in [2.45, 2.75) is 50.7 Å².